The van der Waals surface area contributed by atoms with Crippen LogP contribution in [0.25, 0.3) is 0 Å². The summed E-state index contributed by atoms with van der Waals surface area (Å²) in [6.07, 6.45) is 3.81. The first-order chi connectivity index (χ1) is 8.59. The van der Waals surface area contributed by atoms with Crippen molar-refractivity contribution in [3.63, 3.8) is 0 Å². The lowest BCUT2D eigenvalue weighted by molar-refractivity contribution is -0.131. The van der Waals surface area contributed by atoms with Crippen molar-refractivity contribution in [2.45, 2.75) is 18.9 Å². The zero-order valence-electron chi connectivity index (χ0n) is 10.2. The van der Waals surface area contributed by atoms with Crippen LogP contribution in [-0.2, 0) is 10.3 Å². The van der Waals surface area contributed by atoms with Gasteiger partial charge < -0.3 is 11.1 Å². The van der Waals surface area contributed by atoms with Crippen LogP contribution in [-0.4, -0.2) is 34.9 Å². The number of nitrogens with one attached hydrogen (secondary N) is 1. The second-order valence-corrected chi connectivity index (χ2v) is 4.40. The number of urea groups is 1. The van der Waals surface area contributed by atoms with Crippen molar-refractivity contribution in [2.24, 2.45) is 5.73 Å². The second-order valence-electron chi connectivity index (χ2n) is 4.40. The fraction of sp³-hybridized carbons (Fsp3) is 0.417. The van der Waals surface area contributed by atoms with Crippen LogP contribution in [0.5, 0.6) is 0 Å². The summed E-state index contributed by atoms with van der Waals surface area (Å²) in [6.45, 7) is 2.48. The van der Waals surface area contributed by atoms with Gasteiger partial charge in [0.05, 0.1) is 0 Å². The maximum Gasteiger partial charge on any atom is 0.325 e. The molecule has 1 aliphatic rings. The molecule has 0 aromatic carbocycles. The minimum atomic E-state index is -1.03. The van der Waals surface area contributed by atoms with Crippen LogP contribution in [0.1, 0.15) is 18.9 Å². The lowest BCUT2D eigenvalue weighted by Crippen LogP contribution is -2.41. The van der Waals surface area contributed by atoms with Crippen molar-refractivity contribution in [2.75, 3.05) is 13.1 Å². The van der Waals surface area contributed by atoms with E-state index in [9.17, 15) is 9.59 Å². The number of hydrogen-bond donors (Lipinski definition) is 2. The van der Waals surface area contributed by atoms with Gasteiger partial charge in [-0.25, -0.2) is 4.79 Å². The molecule has 0 radical (unpaired) electrons. The summed E-state index contributed by atoms with van der Waals surface area (Å²) in [6, 6.07) is 3.14. The van der Waals surface area contributed by atoms with Crippen molar-refractivity contribution >= 4 is 11.9 Å². The second kappa shape index (κ2) is 4.73. The number of carbonyl (C=O) groups is 2. The Morgan fingerprint density at radius 2 is 2.28 bits per heavy atom. The van der Waals surface area contributed by atoms with Crippen molar-refractivity contribution in [3.05, 3.63) is 30.1 Å². The number of aromatic nitrogens is 1. The monoisotopic (exact) mass is 248 g/mol. The molecule has 0 saturated carbocycles. The fourth-order valence-corrected chi connectivity index (χ4v) is 2.00. The van der Waals surface area contributed by atoms with E-state index < -0.39 is 5.54 Å². The van der Waals surface area contributed by atoms with Gasteiger partial charge in [0, 0.05) is 24.5 Å². The van der Waals surface area contributed by atoms with E-state index in [-0.39, 0.29) is 11.9 Å². The number of imide groups is 1. The fourth-order valence-electron chi connectivity index (χ4n) is 2.00. The van der Waals surface area contributed by atoms with Gasteiger partial charge in [-0.1, -0.05) is 6.07 Å². The lowest BCUT2D eigenvalue weighted by Gasteiger charge is -2.21. The quantitative estimate of drug-likeness (QED) is 0.745. The smallest absolute Gasteiger partial charge is 0.325 e. The molecule has 1 aliphatic heterocycles. The molecule has 6 heteroatoms. The van der Waals surface area contributed by atoms with Crippen LogP contribution < -0.4 is 11.1 Å². The minimum absolute atomic E-state index is 0.256. The number of nitrogens with zero attached hydrogens (tertiary/aromatic N) is 2. The molecule has 0 bridgehead atoms. The normalized spacial score (nSPS) is 23.3. The van der Waals surface area contributed by atoms with Gasteiger partial charge in [-0.2, -0.15) is 0 Å². The van der Waals surface area contributed by atoms with Crippen molar-refractivity contribution < 1.29 is 9.59 Å². The first kappa shape index (κ1) is 12.5. The highest BCUT2D eigenvalue weighted by atomic mass is 16.2. The third kappa shape index (κ3) is 1.95. The standard InChI is InChI=1S/C12H16N4O2/c1-12(9-4-2-6-14-8-9)10(17)16(7-3-5-13)11(18)15-12/h2,4,6,8H,3,5,7,13H2,1H3,(H,15,18). The maximum absolute atomic E-state index is 12.3. The summed E-state index contributed by atoms with van der Waals surface area (Å²) in [5.74, 6) is -0.256. The largest absolute Gasteiger partial charge is 0.330 e. The molecule has 1 saturated heterocycles. The molecule has 96 valence electrons. The SMILES string of the molecule is CC1(c2cccnc2)NC(=O)N(CCCN)C1=O. The third-order valence-electron chi connectivity index (χ3n) is 3.10. The molecule has 2 rings (SSSR count). The molecular weight excluding hydrogens is 232 g/mol. The molecule has 1 unspecified atom stereocenters. The van der Waals surface area contributed by atoms with E-state index in [0.717, 1.165) is 0 Å². The minimum Gasteiger partial charge on any atom is -0.330 e. The van der Waals surface area contributed by atoms with Crippen molar-refractivity contribution in [1.29, 1.82) is 0 Å². The van der Waals surface area contributed by atoms with Crippen LogP contribution >= 0.6 is 0 Å². The Morgan fingerprint density at radius 3 is 2.89 bits per heavy atom. The molecule has 1 atom stereocenters. The third-order valence-corrected chi connectivity index (χ3v) is 3.10. The summed E-state index contributed by atoms with van der Waals surface area (Å²) in [5, 5.41) is 2.71. The molecule has 1 aromatic rings. The van der Waals surface area contributed by atoms with E-state index in [0.29, 0.717) is 25.1 Å². The summed E-state index contributed by atoms with van der Waals surface area (Å²) < 4.78 is 0. The van der Waals surface area contributed by atoms with Crippen molar-refractivity contribution in [3.8, 4) is 0 Å². The Hall–Kier alpha value is -1.95. The molecule has 6 nitrogen and oxygen atoms in total. The summed E-state index contributed by atoms with van der Waals surface area (Å²) in [4.78, 5) is 29.3. The lowest BCUT2D eigenvalue weighted by atomic mass is 9.93. The molecule has 2 heterocycles. The number of nitrogens with two attached hydrogens (primary N) is 1. The average molecular weight is 248 g/mol. The number of rotatable bonds is 4. The van der Waals surface area contributed by atoms with Gasteiger partial charge in [-0.05, 0) is 26.0 Å². The van der Waals surface area contributed by atoms with Crippen LogP contribution in [0.2, 0.25) is 0 Å². The average Bonchev–Trinajstić information content (AvgIpc) is 2.60. The molecule has 1 aromatic heterocycles. The zero-order valence-corrected chi connectivity index (χ0v) is 10.2. The summed E-state index contributed by atoms with van der Waals surface area (Å²) in [5.41, 5.74) is 5.05. The number of amides is 3. The number of pyridine rings is 1. The van der Waals surface area contributed by atoms with Gasteiger partial charge in [0.25, 0.3) is 5.91 Å². The molecular formula is C12H16N4O2. The van der Waals surface area contributed by atoms with E-state index in [4.69, 9.17) is 5.73 Å². The van der Waals surface area contributed by atoms with E-state index >= 15 is 0 Å². The van der Waals surface area contributed by atoms with Gasteiger partial charge in [0.15, 0.2) is 0 Å². The van der Waals surface area contributed by atoms with E-state index in [1.54, 1.807) is 31.5 Å². The Labute approximate surface area is 105 Å². The molecule has 0 aliphatic carbocycles. The van der Waals surface area contributed by atoms with Crippen LogP contribution in [0.3, 0.4) is 0 Å². The first-order valence-corrected chi connectivity index (χ1v) is 5.84. The Morgan fingerprint density at radius 1 is 1.50 bits per heavy atom. The highest BCUT2D eigenvalue weighted by molar-refractivity contribution is 6.07. The van der Waals surface area contributed by atoms with Gasteiger partial charge in [0.2, 0.25) is 0 Å². The van der Waals surface area contributed by atoms with E-state index in [2.05, 4.69) is 10.3 Å². The molecule has 3 N–H and O–H groups in total. The molecule has 0 spiro atoms. The predicted molar refractivity (Wildman–Crippen MR) is 65.5 cm³/mol. The van der Waals surface area contributed by atoms with Crippen LogP contribution in [0.15, 0.2) is 24.5 Å². The van der Waals surface area contributed by atoms with Crippen LogP contribution in [0, 0.1) is 0 Å². The predicted octanol–water partition coefficient (Wildman–Crippen LogP) is 0.197. The Kier molecular flexibility index (Phi) is 3.29. The number of carbonyl (C=O) groups excluding carboxylic acids is 2. The highest BCUT2D eigenvalue weighted by Crippen LogP contribution is 2.27. The van der Waals surface area contributed by atoms with E-state index in [1.165, 1.54) is 4.90 Å². The molecule has 18 heavy (non-hydrogen) atoms. The summed E-state index contributed by atoms with van der Waals surface area (Å²) >= 11 is 0. The zero-order chi connectivity index (χ0) is 13.2. The van der Waals surface area contributed by atoms with Gasteiger partial charge in [-0.3, -0.25) is 14.7 Å². The maximum atomic E-state index is 12.3. The van der Waals surface area contributed by atoms with Gasteiger partial charge >= 0.3 is 6.03 Å². The van der Waals surface area contributed by atoms with E-state index in [1.807, 2.05) is 0 Å². The summed E-state index contributed by atoms with van der Waals surface area (Å²) in [7, 11) is 0. The molecule has 3 amide bonds. The highest BCUT2D eigenvalue weighted by Gasteiger charge is 2.48. The van der Waals surface area contributed by atoms with Crippen molar-refractivity contribution in [1.82, 2.24) is 15.2 Å². The Balaban J connectivity index is 2.26. The van der Waals surface area contributed by atoms with Gasteiger partial charge in [-0.15, -0.1) is 0 Å². The Bertz CT molecular complexity index is 462. The van der Waals surface area contributed by atoms with Crippen LogP contribution in [0.4, 0.5) is 4.79 Å². The van der Waals surface area contributed by atoms with Gasteiger partial charge in [0.1, 0.15) is 5.54 Å². The topological polar surface area (TPSA) is 88.3 Å². The number of hydrogen-bond acceptors (Lipinski definition) is 4. The first-order valence-electron chi connectivity index (χ1n) is 5.84. The molecule has 1 fully saturated rings.